The number of nitrogens with zero attached hydrogens (tertiary/aromatic N) is 5. The SMILES string of the molecule is O=C(Oc1cccc(/C=N/Nc2nc(Nc3ccccc3)nc(N3CCCCC3)n2)c1)c1ccco1. The molecular weight excluding hydrogens is 458 g/mol. The highest BCUT2D eigenvalue weighted by atomic mass is 16.5. The van der Waals surface area contributed by atoms with E-state index in [-0.39, 0.29) is 5.76 Å². The molecular formula is C26H25N7O3. The van der Waals surface area contributed by atoms with Crippen LogP contribution in [0.25, 0.3) is 0 Å². The second kappa shape index (κ2) is 11.1. The van der Waals surface area contributed by atoms with Gasteiger partial charge in [-0.1, -0.05) is 30.3 Å². The van der Waals surface area contributed by atoms with E-state index in [1.165, 1.54) is 12.7 Å². The van der Waals surface area contributed by atoms with E-state index < -0.39 is 5.97 Å². The molecule has 0 spiro atoms. The average Bonchev–Trinajstić information content (AvgIpc) is 3.46. The molecule has 0 amide bonds. The fourth-order valence-corrected chi connectivity index (χ4v) is 3.73. The van der Waals surface area contributed by atoms with Gasteiger partial charge in [-0.25, -0.2) is 10.2 Å². The van der Waals surface area contributed by atoms with Gasteiger partial charge in [0.1, 0.15) is 5.75 Å². The van der Waals surface area contributed by atoms with Crippen LogP contribution in [0.15, 0.2) is 82.5 Å². The van der Waals surface area contributed by atoms with Crippen molar-refractivity contribution in [3.8, 4) is 5.75 Å². The molecule has 0 aliphatic carbocycles. The maximum absolute atomic E-state index is 12.1. The van der Waals surface area contributed by atoms with E-state index >= 15 is 0 Å². The minimum Gasteiger partial charge on any atom is -0.457 e. The number of aromatic nitrogens is 3. The zero-order valence-electron chi connectivity index (χ0n) is 19.5. The Morgan fingerprint density at radius 3 is 2.58 bits per heavy atom. The molecule has 0 unspecified atom stereocenters. The van der Waals surface area contributed by atoms with Gasteiger partial charge in [-0.15, -0.1) is 0 Å². The van der Waals surface area contributed by atoms with Crippen molar-refractivity contribution >= 4 is 35.7 Å². The minimum atomic E-state index is -0.568. The second-order valence-corrected chi connectivity index (χ2v) is 8.13. The number of anilines is 4. The Kier molecular flexibility index (Phi) is 7.12. The molecule has 1 aliphatic rings. The zero-order valence-corrected chi connectivity index (χ0v) is 19.5. The minimum absolute atomic E-state index is 0.134. The highest BCUT2D eigenvalue weighted by Crippen LogP contribution is 2.21. The molecule has 2 aromatic carbocycles. The van der Waals surface area contributed by atoms with Crippen LogP contribution in [0, 0.1) is 0 Å². The first kappa shape index (κ1) is 23.0. The fourth-order valence-electron chi connectivity index (χ4n) is 3.73. The standard InChI is InChI=1S/C26H25N7O3/c34-23(22-13-8-16-35-22)36-21-12-7-9-19(17-21)18-27-32-25-29-24(28-20-10-3-1-4-11-20)30-26(31-25)33-14-5-2-6-15-33/h1,3-4,7-13,16-18H,2,5-6,14-15H2,(H2,28,29,30,31,32)/b27-18+. The van der Waals surface area contributed by atoms with Crippen molar-refractivity contribution in [2.45, 2.75) is 19.3 Å². The molecule has 2 aromatic heterocycles. The van der Waals surface area contributed by atoms with E-state index in [4.69, 9.17) is 9.15 Å². The molecule has 1 saturated heterocycles. The molecule has 1 fully saturated rings. The number of ether oxygens (including phenoxy) is 1. The lowest BCUT2D eigenvalue weighted by atomic mass is 10.1. The Labute approximate surface area is 208 Å². The normalized spacial score (nSPS) is 13.5. The van der Waals surface area contributed by atoms with Crippen LogP contribution in [0.4, 0.5) is 23.5 Å². The van der Waals surface area contributed by atoms with Gasteiger partial charge < -0.3 is 19.4 Å². The van der Waals surface area contributed by atoms with Gasteiger partial charge in [0, 0.05) is 18.8 Å². The van der Waals surface area contributed by atoms with Gasteiger partial charge in [-0.05, 0) is 61.2 Å². The predicted octanol–water partition coefficient (Wildman–Crippen LogP) is 4.86. The quantitative estimate of drug-likeness (QED) is 0.157. The summed E-state index contributed by atoms with van der Waals surface area (Å²) in [6.45, 7) is 1.81. The summed E-state index contributed by atoms with van der Waals surface area (Å²) in [6, 6.07) is 19.9. The summed E-state index contributed by atoms with van der Waals surface area (Å²) in [5, 5.41) is 7.52. The molecule has 0 radical (unpaired) electrons. The summed E-state index contributed by atoms with van der Waals surface area (Å²) >= 11 is 0. The Morgan fingerprint density at radius 2 is 1.78 bits per heavy atom. The number of hydrazone groups is 1. The van der Waals surface area contributed by atoms with Gasteiger partial charge in [0.2, 0.25) is 23.6 Å². The highest BCUT2D eigenvalue weighted by molar-refractivity contribution is 5.88. The molecule has 182 valence electrons. The van der Waals surface area contributed by atoms with Crippen LogP contribution in [-0.4, -0.2) is 40.2 Å². The topological polar surface area (TPSA) is 118 Å². The maximum atomic E-state index is 12.1. The first-order valence-electron chi connectivity index (χ1n) is 11.7. The number of hydrogen-bond acceptors (Lipinski definition) is 10. The summed E-state index contributed by atoms with van der Waals surface area (Å²) in [5.74, 6) is 1.30. The second-order valence-electron chi connectivity index (χ2n) is 8.13. The summed E-state index contributed by atoms with van der Waals surface area (Å²) < 4.78 is 10.4. The Balaban J connectivity index is 1.30. The van der Waals surface area contributed by atoms with Crippen molar-refractivity contribution in [1.82, 2.24) is 15.0 Å². The maximum Gasteiger partial charge on any atom is 0.379 e. The zero-order chi connectivity index (χ0) is 24.6. The van der Waals surface area contributed by atoms with Gasteiger partial charge >= 0.3 is 5.97 Å². The van der Waals surface area contributed by atoms with Gasteiger partial charge in [0.25, 0.3) is 0 Å². The van der Waals surface area contributed by atoms with Crippen molar-refractivity contribution < 1.29 is 13.9 Å². The van der Waals surface area contributed by atoms with Gasteiger partial charge in [-0.2, -0.15) is 20.1 Å². The summed E-state index contributed by atoms with van der Waals surface area (Å²) in [4.78, 5) is 27.9. The van der Waals surface area contributed by atoms with Crippen molar-refractivity contribution in [3.05, 3.63) is 84.3 Å². The van der Waals surface area contributed by atoms with Crippen LogP contribution in [-0.2, 0) is 0 Å². The monoisotopic (exact) mass is 483 g/mol. The Hall–Kier alpha value is -4.73. The third-order valence-corrected chi connectivity index (χ3v) is 5.46. The van der Waals surface area contributed by atoms with Gasteiger partial charge in [0.05, 0.1) is 12.5 Å². The molecule has 10 heteroatoms. The van der Waals surface area contributed by atoms with E-state index in [1.54, 1.807) is 36.5 Å². The smallest absolute Gasteiger partial charge is 0.379 e. The molecule has 4 aromatic rings. The largest absolute Gasteiger partial charge is 0.457 e. The lowest BCUT2D eigenvalue weighted by Crippen LogP contribution is -2.31. The number of para-hydroxylation sites is 1. The molecule has 36 heavy (non-hydrogen) atoms. The molecule has 3 heterocycles. The Morgan fingerprint density at radius 1 is 0.944 bits per heavy atom. The fraction of sp³-hybridized carbons (Fsp3) is 0.192. The van der Waals surface area contributed by atoms with Crippen LogP contribution in [0.3, 0.4) is 0 Å². The highest BCUT2D eigenvalue weighted by Gasteiger charge is 2.16. The van der Waals surface area contributed by atoms with Crippen molar-refractivity contribution in [1.29, 1.82) is 0 Å². The molecule has 0 bridgehead atoms. The summed E-state index contributed by atoms with van der Waals surface area (Å²) in [5.41, 5.74) is 4.50. The lowest BCUT2D eigenvalue weighted by Gasteiger charge is -2.26. The van der Waals surface area contributed by atoms with Crippen LogP contribution in [0.2, 0.25) is 0 Å². The number of benzene rings is 2. The van der Waals surface area contributed by atoms with E-state index in [0.29, 0.717) is 23.6 Å². The third-order valence-electron chi connectivity index (χ3n) is 5.46. The number of piperidine rings is 1. The summed E-state index contributed by atoms with van der Waals surface area (Å²) in [7, 11) is 0. The molecule has 0 atom stereocenters. The number of hydrogen-bond donors (Lipinski definition) is 2. The molecule has 0 saturated carbocycles. The van der Waals surface area contributed by atoms with Crippen molar-refractivity contribution in [2.24, 2.45) is 5.10 Å². The summed E-state index contributed by atoms with van der Waals surface area (Å²) in [6.07, 6.45) is 6.44. The number of furan rings is 1. The first-order chi connectivity index (χ1) is 17.7. The van der Waals surface area contributed by atoms with Crippen molar-refractivity contribution in [3.63, 3.8) is 0 Å². The number of rotatable bonds is 8. The van der Waals surface area contributed by atoms with E-state index in [9.17, 15) is 4.79 Å². The van der Waals surface area contributed by atoms with E-state index in [2.05, 4.69) is 35.7 Å². The first-order valence-corrected chi connectivity index (χ1v) is 11.7. The van der Waals surface area contributed by atoms with Gasteiger partial charge in [0.15, 0.2) is 0 Å². The molecule has 2 N–H and O–H groups in total. The van der Waals surface area contributed by atoms with Crippen LogP contribution in [0.1, 0.15) is 35.4 Å². The van der Waals surface area contributed by atoms with E-state index in [1.807, 2.05) is 36.4 Å². The third kappa shape index (κ3) is 6.03. The molecule has 1 aliphatic heterocycles. The van der Waals surface area contributed by atoms with Gasteiger partial charge in [-0.3, -0.25) is 0 Å². The number of nitrogens with one attached hydrogen (secondary N) is 2. The van der Waals surface area contributed by atoms with Crippen LogP contribution < -0.4 is 20.4 Å². The molecule has 10 nitrogen and oxygen atoms in total. The molecule has 5 rings (SSSR count). The number of esters is 1. The van der Waals surface area contributed by atoms with Crippen molar-refractivity contribution in [2.75, 3.05) is 28.7 Å². The lowest BCUT2D eigenvalue weighted by molar-refractivity contribution is 0.0701. The predicted molar refractivity (Wildman–Crippen MR) is 137 cm³/mol. The Bertz CT molecular complexity index is 1320. The van der Waals surface area contributed by atoms with Crippen LogP contribution >= 0.6 is 0 Å². The number of carbonyl (C=O) groups is 1. The average molecular weight is 484 g/mol. The van der Waals surface area contributed by atoms with E-state index in [0.717, 1.165) is 37.2 Å². The van der Waals surface area contributed by atoms with Crippen LogP contribution in [0.5, 0.6) is 5.75 Å². The number of carbonyl (C=O) groups excluding carboxylic acids is 1.